The molecule has 0 aliphatic heterocycles. The summed E-state index contributed by atoms with van der Waals surface area (Å²) in [5.74, 6) is 1.14. The number of hydrogen-bond acceptors (Lipinski definition) is 4. The number of hydrogen-bond donors (Lipinski definition) is 1. The molecule has 1 N–H and O–H groups in total. The van der Waals surface area contributed by atoms with E-state index in [-0.39, 0.29) is 12.3 Å². The number of amides is 1. The van der Waals surface area contributed by atoms with Gasteiger partial charge in [0.05, 0.1) is 19.8 Å². The summed E-state index contributed by atoms with van der Waals surface area (Å²) >= 11 is 0. The molecule has 0 fully saturated rings. The Balaban J connectivity index is 2.55. The molecule has 1 aromatic carbocycles. The minimum Gasteiger partial charge on any atom is -0.493 e. The highest BCUT2D eigenvalue weighted by atomic mass is 16.5. The fourth-order valence-corrected chi connectivity index (χ4v) is 1.62. The first-order valence-electron chi connectivity index (χ1n) is 6.14. The molecule has 0 saturated carbocycles. The van der Waals surface area contributed by atoms with Crippen molar-refractivity contribution in [2.75, 3.05) is 20.3 Å². The van der Waals surface area contributed by atoms with E-state index in [4.69, 9.17) is 14.7 Å². The molecule has 1 aromatic rings. The number of methoxy groups -OCH3 is 1. The van der Waals surface area contributed by atoms with Crippen LogP contribution in [0.25, 0.3) is 0 Å². The van der Waals surface area contributed by atoms with Gasteiger partial charge in [-0.2, -0.15) is 5.26 Å². The van der Waals surface area contributed by atoms with Crippen molar-refractivity contribution >= 4 is 5.91 Å². The highest BCUT2D eigenvalue weighted by Crippen LogP contribution is 2.28. The van der Waals surface area contributed by atoms with E-state index in [0.29, 0.717) is 31.1 Å². The van der Waals surface area contributed by atoms with Crippen LogP contribution in [0.4, 0.5) is 0 Å². The topological polar surface area (TPSA) is 71.3 Å². The van der Waals surface area contributed by atoms with E-state index in [0.717, 1.165) is 5.56 Å². The van der Waals surface area contributed by atoms with Crippen LogP contribution in [0.1, 0.15) is 18.9 Å². The smallest absolute Gasteiger partial charge is 0.234 e. The SMILES string of the molecule is CCOc1ccc(CCNC(=O)CC#N)cc1OC. The molecular formula is C14H18N2O3. The van der Waals surface area contributed by atoms with Crippen molar-refractivity contribution in [2.24, 2.45) is 0 Å². The van der Waals surface area contributed by atoms with Gasteiger partial charge >= 0.3 is 0 Å². The van der Waals surface area contributed by atoms with Crippen molar-refractivity contribution in [2.45, 2.75) is 19.8 Å². The zero-order valence-electron chi connectivity index (χ0n) is 11.2. The number of rotatable bonds is 7. The Morgan fingerprint density at radius 1 is 1.42 bits per heavy atom. The van der Waals surface area contributed by atoms with Gasteiger partial charge < -0.3 is 14.8 Å². The van der Waals surface area contributed by atoms with Gasteiger partial charge in [-0.15, -0.1) is 0 Å². The highest BCUT2D eigenvalue weighted by Gasteiger charge is 2.05. The molecule has 0 heterocycles. The average molecular weight is 262 g/mol. The van der Waals surface area contributed by atoms with Crippen molar-refractivity contribution in [3.63, 3.8) is 0 Å². The minimum atomic E-state index is -0.250. The third kappa shape index (κ3) is 4.88. The number of nitrogens with one attached hydrogen (secondary N) is 1. The number of carbonyl (C=O) groups is 1. The van der Waals surface area contributed by atoms with Crippen LogP contribution in [0.5, 0.6) is 11.5 Å². The van der Waals surface area contributed by atoms with Gasteiger partial charge in [0, 0.05) is 6.54 Å². The van der Waals surface area contributed by atoms with E-state index in [1.807, 2.05) is 31.2 Å². The summed E-state index contributed by atoms with van der Waals surface area (Å²) in [5.41, 5.74) is 1.04. The lowest BCUT2D eigenvalue weighted by molar-refractivity contribution is -0.120. The highest BCUT2D eigenvalue weighted by molar-refractivity contribution is 5.77. The first-order valence-corrected chi connectivity index (χ1v) is 6.14. The van der Waals surface area contributed by atoms with Crippen LogP contribution < -0.4 is 14.8 Å². The monoisotopic (exact) mass is 262 g/mol. The number of nitrogens with zero attached hydrogens (tertiary/aromatic N) is 1. The normalized spacial score (nSPS) is 9.53. The number of ether oxygens (including phenoxy) is 2. The van der Waals surface area contributed by atoms with Gasteiger partial charge in [0.1, 0.15) is 6.42 Å². The zero-order valence-corrected chi connectivity index (χ0v) is 11.2. The molecule has 1 rings (SSSR count). The van der Waals surface area contributed by atoms with Crippen molar-refractivity contribution < 1.29 is 14.3 Å². The summed E-state index contributed by atoms with van der Waals surface area (Å²) in [5, 5.41) is 11.0. The first-order chi connectivity index (χ1) is 9.21. The molecule has 0 saturated heterocycles. The fourth-order valence-electron chi connectivity index (χ4n) is 1.62. The van der Waals surface area contributed by atoms with Crippen LogP contribution >= 0.6 is 0 Å². The summed E-state index contributed by atoms with van der Waals surface area (Å²) in [7, 11) is 1.59. The molecule has 19 heavy (non-hydrogen) atoms. The molecule has 5 nitrogen and oxygen atoms in total. The van der Waals surface area contributed by atoms with Gasteiger partial charge in [-0.05, 0) is 31.0 Å². The Bertz CT molecular complexity index is 466. The predicted molar refractivity (Wildman–Crippen MR) is 71.1 cm³/mol. The Labute approximate surface area is 113 Å². The van der Waals surface area contributed by atoms with Crippen LogP contribution in [0.3, 0.4) is 0 Å². The second-order valence-corrected chi connectivity index (χ2v) is 3.85. The molecule has 0 bridgehead atoms. The van der Waals surface area contributed by atoms with E-state index in [2.05, 4.69) is 5.32 Å². The van der Waals surface area contributed by atoms with E-state index in [9.17, 15) is 4.79 Å². The molecule has 102 valence electrons. The van der Waals surface area contributed by atoms with E-state index >= 15 is 0 Å². The van der Waals surface area contributed by atoms with Crippen LogP contribution in [0.15, 0.2) is 18.2 Å². The van der Waals surface area contributed by atoms with Gasteiger partial charge in [0.25, 0.3) is 0 Å². The molecule has 0 aromatic heterocycles. The lowest BCUT2D eigenvalue weighted by atomic mass is 10.1. The molecule has 0 unspecified atom stereocenters. The molecule has 0 spiro atoms. The average Bonchev–Trinajstić information content (AvgIpc) is 2.41. The van der Waals surface area contributed by atoms with Gasteiger partial charge in [-0.25, -0.2) is 0 Å². The summed E-state index contributed by atoms with van der Waals surface area (Å²) < 4.78 is 10.7. The van der Waals surface area contributed by atoms with Crippen molar-refractivity contribution in [1.82, 2.24) is 5.32 Å². The zero-order chi connectivity index (χ0) is 14.1. The Morgan fingerprint density at radius 2 is 2.21 bits per heavy atom. The molecule has 0 aliphatic rings. The van der Waals surface area contributed by atoms with E-state index < -0.39 is 0 Å². The van der Waals surface area contributed by atoms with Gasteiger partial charge in [-0.1, -0.05) is 6.07 Å². The number of nitriles is 1. The summed E-state index contributed by atoms with van der Waals surface area (Å²) in [6.45, 7) is 3.00. The lowest BCUT2D eigenvalue weighted by Crippen LogP contribution is -2.24. The Hall–Kier alpha value is -2.22. The summed E-state index contributed by atoms with van der Waals surface area (Å²) in [6.07, 6.45) is 0.576. The van der Waals surface area contributed by atoms with Crippen LogP contribution in [0, 0.1) is 11.3 Å². The second-order valence-electron chi connectivity index (χ2n) is 3.85. The molecule has 0 atom stereocenters. The molecular weight excluding hydrogens is 244 g/mol. The van der Waals surface area contributed by atoms with Gasteiger partial charge in [0.15, 0.2) is 11.5 Å². The first kappa shape index (κ1) is 14.8. The lowest BCUT2D eigenvalue weighted by Gasteiger charge is -2.11. The van der Waals surface area contributed by atoms with Crippen LogP contribution in [-0.4, -0.2) is 26.2 Å². The van der Waals surface area contributed by atoms with E-state index in [1.54, 1.807) is 7.11 Å². The van der Waals surface area contributed by atoms with Crippen molar-refractivity contribution in [3.05, 3.63) is 23.8 Å². The number of benzene rings is 1. The van der Waals surface area contributed by atoms with Crippen LogP contribution in [0.2, 0.25) is 0 Å². The van der Waals surface area contributed by atoms with Gasteiger partial charge in [-0.3, -0.25) is 4.79 Å². The van der Waals surface area contributed by atoms with Crippen LogP contribution in [-0.2, 0) is 11.2 Å². The predicted octanol–water partition coefficient (Wildman–Crippen LogP) is 1.67. The maximum Gasteiger partial charge on any atom is 0.234 e. The van der Waals surface area contributed by atoms with E-state index in [1.165, 1.54) is 0 Å². The summed E-state index contributed by atoms with van der Waals surface area (Å²) in [6, 6.07) is 7.49. The van der Waals surface area contributed by atoms with Gasteiger partial charge in [0.2, 0.25) is 5.91 Å². The maximum absolute atomic E-state index is 11.1. The molecule has 0 aliphatic carbocycles. The molecule has 1 amide bonds. The largest absolute Gasteiger partial charge is 0.493 e. The summed E-state index contributed by atoms with van der Waals surface area (Å²) in [4.78, 5) is 11.1. The quantitative estimate of drug-likeness (QED) is 0.811. The van der Waals surface area contributed by atoms with Crippen molar-refractivity contribution in [1.29, 1.82) is 5.26 Å². The molecule has 5 heteroatoms. The Kier molecular flexibility index (Phi) is 6.23. The number of carbonyl (C=O) groups excluding carboxylic acids is 1. The third-order valence-corrected chi connectivity index (χ3v) is 2.50. The molecule has 0 radical (unpaired) electrons. The fraction of sp³-hybridized carbons (Fsp3) is 0.429. The standard InChI is InChI=1S/C14H18N2O3/c1-3-19-12-5-4-11(10-13(12)18-2)7-9-16-14(17)6-8-15/h4-5,10H,3,6-7,9H2,1-2H3,(H,16,17). The third-order valence-electron chi connectivity index (χ3n) is 2.50. The minimum absolute atomic E-state index is 0.105. The Morgan fingerprint density at radius 3 is 2.84 bits per heavy atom. The maximum atomic E-state index is 11.1. The van der Waals surface area contributed by atoms with Crippen molar-refractivity contribution in [3.8, 4) is 17.6 Å². The second kappa shape index (κ2) is 7.98.